The second kappa shape index (κ2) is 12.5. The Hall–Kier alpha value is -3.01. The molecule has 0 fully saturated rings. The van der Waals surface area contributed by atoms with Crippen LogP contribution < -0.4 is 5.32 Å². The molecule has 0 unspecified atom stereocenters. The average molecular weight is 553 g/mol. The summed E-state index contributed by atoms with van der Waals surface area (Å²) in [4.78, 5) is 28.7. The SMILES string of the molecule is COC(=O)[C@H](NC(=O)OCC1c2ccccc2-c2ccccc21)[C@@H](C)c1c[nH]c2ccccc12.SSS. The Morgan fingerprint density at radius 3 is 2.16 bits per heavy atom. The van der Waals surface area contributed by atoms with Crippen molar-refractivity contribution in [3.05, 3.63) is 95.7 Å². The van der Waals surface area contributed by atoms with Gasteiger partial charge in [-0.15, -0.1) is 0 Å². The van der Waals surface area contributed by atoms with E-state index in [0.29, 0.717) is 0 Å². The van der Waals surface area contributed by atoms with E-state index in [9.17, 15) is 9.59 Å². The Labute approximate surface area is 230 Å². The summed E-state index contributed by atoms with van der Waals surface area (Å²) in [7, 11) is 2.46. The van der Waals surface area contributed by atoms with Crippen molar-refractivity contribution in [1.29, 1.82) is 0 Å². The summed E-state index contributed by atoms with van der Waals surface area (Å²) in [5.41, 5.74) is 6.47. The van der Waals surface area contributed by atoms with Crippen LogP contribution in [0.5, 0.6) is 0 Å². The number of thiol groups is 2. The molecule has 1 amide bonds. The third-order valence-corrected chi connectivity index (χ3v) is 6.68. The van der Waals surface area contributed by atoms with Crippen LogP contribution >= 0.6 is 33.1 Å². The van der Waals surface area contributed by atoms with Gasteiger partial charge in [0.2, 0.25) is 0 Å². The topological polar surface area (TPSA) is 80.4 Å². The van der Waals surface area contributed by atoms with E-state index in [1.54, 1.807) is 0 Å². The van der Waals surface area contributed by atoms with Gasteiger partial charge in [-0.1, -0.05) is 97.0 Å². The van der Waals surface area contributed by atoms with Crippen LogP contribution in [0.15, 0.2) is 79.0 Å². The van der Waals surface area contributed by atoms with Crippen LogP contribution in [0, 0.1) is 0 Å². The first-order chi connectivity index (χ1) is 18.0. The summed E-state index contributed by atoms with van der Waals surface area (Å²) in [6.07, 6.45) is 1.22. The maximum absolute atomic E-state index is 12.8. The van der Waals surface area contributed by atoms with Crippen molar-refractivity contribution in [3.63, 3.8) is 0 Å². The maximum Gasteiger partial charge on any atom is 0.407 e. The Balaban J connectivity index is 0.00000102. The van der Waals surface area contributed by atoms with Crippen molar-refractivity contribution in [2.24, 2.45) is 0 Å². The molecule has 6 nitrogen and oxygen atoms in total. The first-order valence-corrected chi connectivity index (χ1v) is 14.6. The molecule has 3 aromatic carbocycles. The van der Waals surface area contributed by atoms with E-state index in [1.165, 1.54) is 7.11 Å². The zero-order chi connectivity index (χ0) is 26.4. The molecule has 4 aromatic rings. The first-order valence-electron chi connectivity index (χ1n) is 11.7. The van der Waals surface area contributed by atoms with E-state index >= 15 is 0 Å². The van der Waals surface area contributed by atoms with Gasteiger partial charge in [0.15, 0.2) is 0 Å². The van der Waals surface area contributed by atoms with E-state index in [0.717, 1.165) is 48.5 Å². The summed E-state index contributed by atoms with van der Waals surface area (Å²) in [5, 5.41) is 3.74. The molecule has 37 heavy (non-hydrogen) atoms. The molecule has 1 aromatic heterocycles. The fourth-order valence-electron chi connectivity index (χ4n) is 4.93. The molecule has 2 atom stereocenters. The molecule has 0 radical (unpaired) electrons. The minimum atomic E-state index is -0.889. The third-order valence-electron chi connectivity index (χ3n) is 6.68. The molecule has 2 N–H and O–H groups in total. The van der Waals surface area contributed by atoms with Gasteiger partial charge in [0.25, 0.3) is 0 Å². The highest BCUT2D eigenvalue weighted by molar-refractivity contribution is 9.01. The average Bonchev–Trinajstić information content (AvgIpc) is 3.50. The largest absolute Gasteiger partial charge is 0.467 e. The number of carbonyl (C=O) groups is 2. The summed E-state index contributed by atoms with van der Waals surface area (Å²) in [6, 6.07) is 23.3. The molecule has 1 aliphatic rings. The number of aromatic nitrogens is 1. The fraction of sp³-hybridized carbons (Fsp3) is 0.214. The van der Waals surface area contributed by atoms with Gasteiger partial charge >= 0.3 is 12.1 Å². The lowest BCUT2D eigenvalue weighted by Crippen LogP contribution is -2.45. The molecule has 1 heterocycles. The third kappa shape index (κ3) is 5.79. The monoisotopic (exact) mass is 552 g/mol. The smallest absolute Gasteiger partial charge is 0.407 e. The normalized spacial score (nSPS) is 13.5. The second-order valence-electron chi connectivity index (χ2n) is 8.63. The van der Waals surface area contributed by atoms with Crippen molar-refractivity contribution < 1.29 is 19.1 Å². The van der Waals surface area contributed by atoms with Crippen LogP contribution in [-0.4, -0.2) is 36.8 Å². The minimum absolute atomic E-state index is 0.0548. The number of alkyl carbamates (subject to hydrolysis) is 1. The van der Waals surface area contributed by atoms with Crippen molar-refractivity contribution in [3.8, 4) is 11.1 Å². The molecule has 0 saturated carbocycles. The number of aromatic amines is 1. The van der Waals surface area contributed by atoms with E-state index in [2.05, 4.69) is 57.9 Å². The van der Waals surface area contributed by atoms with Crippen LogP contribution in [0.2, 0.25) is 0 Å². The standard InChI is InChI=1S/C28H26N2O4.H2S3/c1-17(23-15-29-25-14-8-7-13-22(23)25)26(27(31)33-2)30-28(32)34-16-24-20-11-5-3-9-18(20)19-10-4-6-12-21(19)24;1-3-2/h3-15,17,24,26,29H,16H2,1-2H3,(H,30,32);1-2H/t17-,26+;/m0./s1. The number of ether oxygens (including phenoxy) is 2. The summed E-state index contributed by atoms with van der Waals surface area (Å²) < 4.78 is 10.7. The molecule has 5 rings (SSSR count). The molecular weight excluding hydrogens is 525 g/mol. The number of H-pyrrole nitrogens is 1. The summed E-state index contributed by atoms with van der Waals surface area (Å²) >= 11 is 7.14. The van der Waals surface area contributed by atoms with Gasteiger partial charge in [0.05, 0.1) is 7.11 Å². The number of nitrogens with one attached hydrogen (secondary N) is 2. The van der Waals surface area contributed by atoms with Crippen molar-refractivity contribution in [2.45, 2.75) is 24.8 Å². The van der Waals surface area contributed by atoms with Crippen molar-refractivity contribution in [2.75, 3.05) is 13.7 Å². The molecule has 0 aliphatic heterocycles. The Morgan fingerprint density at radius 2 is 1.54 bits per heavy atom. The van der Waals surface area contributed by atoms with Gasteiger partial charge in [-0.25, -0.2) is 9.59 Å². The van der Waals surface area contributed by atoms with Crippen LogP contribution in [0.3, 0.4) is 0 Å². The number of fused-ring (bicyclic) bond motifs is 4. The maximum atomic E-state index is 12.8. The predicted octanol–water partition coefficient (Wildman–Crippen LogP) is 6.76. The highest BCUT2D eigenvalue weighted by Crippen LogP contribution is 2.44. The number of amides is 1. The molecule has 0 bridgehead atoms. The number of benzene rings is 3. The van der Waals surface area contributed by atoms with Gasteiger partial charge in [0, 0.05) is 28.9 Å². The fourth-order valence-corrected chi connectivity index (χ4v) is 4.93. The number of rotatable bonds is 6. The zero-order valence-electron chi connectivity index (χ0n) is 20.4. The van der Waals surface area contributed by atoms with Crippen LogP contribution in [0.25, 0.3) is 22.0 Å². The number of para-hydroxylation sites is 1. The Morgan fingerprint density at radius 1 is 0.973 bits per heavy atom. The van der Waals surface area contributed by atoms with E-state index in [4.69, 9.17) is 9.47 Å². The lowest BCUT2D eigenvalue weighted by atomic mass is 9.93. The number of carbonyl (C=O) groups excluding carboxylic acids is 2. The quantitative estimate of drug-likeness (QED) is 0.121. The number of methoxy groups -OCH3 is 1. The summed E-state index contributed by atoms with van der Waals surface area (Å²) in [5.74, 6) is -0.906. The van der Waals surface area contributed by atoms with E-state index in [-0.39, 0.29) is 18.4 Å². The van der Waals surface area contributed by atoms with Gasteiger partial charge in [0.1, 0.15) is 12.6 Å². The number of hydrogen-bond acceptors (Lipinski definition) is 7. The molecule has 0 saturated heterocycles. The second-order valence-corrected chi connectivity index (χ2v) is 10.8. The number of esters is 1. The van der Waals surface area contributed by atoms with Crippen LogP contribution in [-0.2, 0) is 14.3 Å². The predicted molar refractivity (Wildman–Crippen MR) is 156 cm³/mol. The molecule has 9 heteroatoms. The van der Waals surface area contributed by atoms with Gasteiger partial charge in [-0.2, -0.15) is 0 Å². The highest BCUT2D eigenvalue weighted by Gasteiger charge is 2.33. The van der Waals surface area contributed by atoms with Crippen LogP contribution in [0.4, 0.5) is 4.79 Å². The van der Waals surface area contributed by atoms with Crippen LogP contribution in [0.1, 0.15) is 35.4 Å². The Kier molecular flexibility index (Phi) is 9.13. The molecular formula is C28H28N2O4S3. The van der Waals surface area contributed by atoms with Crippen molar-refractivity contribution >= 4 is 56.1 Å². The number of hydrogen-bond donors (Lipinski definition) is 4. The zero-order valence-corrected chi connectivity index (χ0v) is 23.0. The first kappa shape index (κ1) is 27.0. The Bertz CT molecular complexity index is 1350. The minimum Gasteiger partial charge on any atom is -0.467 e. The van der Waals surface area contributed by atoms with Gasteiger partial charge in [-0.05, 0) is 43.7 Å². The lowest BCUT2D eigenvalue weighted by Gasteiger charge is -2.23. The molecule has 0 spiro atoms. The molecule has 1 aliphatic carbocycles. The van der Waals surface area contributed by atoms with Gasteiger partial charge < -0.3 is 19.8 Å². The van der Waals surface area contributed by atoms with Crippen molar-refractivity contribution in [1.82, 2.24) is 10.3 Å². The highest BCUT2D eigenvalue weighted by atomic mass is 33.5. The van der Waals surface area contributed by atoms with E-state index < -0.39 is 18.1 Å². The molecule has 192 valence electrons. The summed E-state index contributed by atoms with van der Waals surface area (Å²) in [6.45, 7) is 2.07. The lowest BCUT2D eigenvalue weighted by molar-refractivity contribution is -0.143. The van der Waals surface area contributed by atoms with Gasteiger partial charge in [-0.3, -0.25) is 0 Å². The van der Waals surface area contributed by atoms with E-state index in [1.807, 2.05) is 61.7 Å².